The number of nitriles is 1. The first kappa shape index (κ1) is 20.6. The molecule has 0 radical (unpaired) electrons. The summed E-state index contributed by atoms with van der Waals surface area (Å²) >= 11 is -0.884. The first-order valence-corrected chi connectivity index (χ1v) is 11.4. The molecule has 0 saturated carbocycles. The lowest BCUT2D eigenvalue weighted by molar-refractivity contribution is 0.243. The van der Waals surface area contributed by atoms with Gasteiger partial charge in [-0.15, -0.1) is 10.2 Å². The Bertz CT molecular complexity index is 1150. The highest BCUT2D eigenvalue weighted by molar-refractivity contribution is 7.77. The van der Waals surface area contributed by atoms with Gasteiger partial charge in [0.25, 0.3) is 0 Å². The van der Waals surface area contributed by atoms with Crippen LogP contribution in [-0.2, 0) is 17.7 Å². The summed E-state index contributed by atoms with van der Waals surface area (Å²) in [6, 6.07) is 13.2. The van der Waals surface area contributed by atoms with Crippen LogP contribution in [0.1, 0.15) is 43.0 Å². The molecule has 3 aromatic rings. The number of hydrogen-bond acceptors (Lipinski definition) is 7. The highest BCUT2D eigenvalue weighted by atomic mass is 32.2. The Kier molecular flexibility index (Phi) is 5.92. The molecule has 0 amide bonds. The molecule has 30 heavy (non-hydrogen) atoms. The van der Waals surface area contributed by atoms with Gasteiger partial charge >= 0.3 is 0 Å². The number of aromatic nitrogens is 2. The molecule has 1 aliphatic carbocycles. The van der Waals surface area contributed by atoms with Crippen LogP contribution in [0.15, 0.2) is 36.4 Å². The summed E-state index contributed by atoms with van der Waals surface area (Å²) < 4.78 is 30.6. The number of para-hydroxylation sites is 1. The summed E-state index contributed by atoms with van der Waals surface area (Å²) in [5.41, 5.74) is 4.22. The zero-order valence-corrected chi connectivity index (χ0v) is 18.0. The number of rotatable bonds is 6. The first-order chi connectivity index (χ1) is 14.5. The molecule has 9 heteroatoms. The standard InChI is InChI=1S/C21H20N4O3S2/c1-12(2)28-19-13(11-22)5-3-8-17(19)21-24-23-20(29-21)16-7-4-6-15-14(16)9-10-18(15)25-30(26)27/h3-8,12,18,25H,9-10H2,1-2H3,(H,26,27)/p-1. The van der Waals surface area contributed by atoms with Gasteiger partial charge in [0.2, 0.25) is 0 Å². The van der Waals surface area contributed by atoms with Crippen LogP contribution < -0.4 is 9.46 Å². The Morgan fingerprint density at radius 1 is 1.23 bits per heavy atom. The largest absolute Gasteiger partial charge is 0.760 e. The molecule has 1 aliphatic rings. The quantitative estimate of drug-likeness (QED) is 0.583. The number of nitrogens with zero attached hydrogens (tertiary/aromatic N) is 3. The molecular formula is C21H19N4O3S2-. The molecule has 0 fully saturated rings. The van der Waals surface area contributed by atoms with E-state index in [0.717, 1.165) is 33.7 Å². The number of ether oxygens (including phenoxy) is 1. The molecule has 1 N–H and O–H groups in total. The number of fused-ring (bicyclic) bond motifs is 1. The topological polar surface area (TPSA) is 111 Å². The van der Waals surface area contributed by atoms with Crippen LogP contribution in [0.2, 0.25) is 0 Å². The van der Waals surface area contributed by atoms with E-state index in [1.807, 2.05) is 44.2 Å². The molecule has 7 nitrogen and oxygen atoms in total. The molecule has 2 aromatic carbocycles. The molecule has 2 atom stereocenters. The minimum absolute atomic E-state index is 0.0842. The predicted octanol–water partition coefficient (Wildman–Crippen LogP) is 3.90. The summed E-state index contributed by atoms with van der Waals surface area (Å²) in [7, 11) is 0. The van der Waals surface area contributed by atoms with Gasteiger partial charge in [-0.2, -0.15) is 5.26 Å². The van der Waals surface area contributed by atoms with E-state index in [1.54, 1.807) is 6.07 Å². The van der Waals surface area contributed by atoms with Gasteiger partial charge in [-0.25, -0.2) is 4.72 Å². The molecule has 154 valence electrons. The number of nitrogens with one attached hydrogen (secondary N) is 1. The molecule has 0 spiro atoms. The van der Waals surface area contributed by atoms with Gasteiger partial charge in [0.15, 0.2) is 5.01 Å². The summed E-state index contributed by atoms with van der Waals surface area (Å²) in [5.74, 6) is 0.512. The summed E-state index contributed by atoms with van der Waals surface area (Å²) in [6.45, 7) is 3.83. The lowest BCUT2D eigenvalue weighted by Crippen LogP contribution is -2.21. The number of hydrogen-bond donors (Lipinski definition) is 1. The maximum absolute atomic E-state index is 11.1. The van der Waals surface area contributed by atoms with Gasteiger partial charge in [-0.1, -0.05) is 35.6 Å². The van der Waals surface area contributed by atoms with Gasteiger partial charge in [0.05, 0.1) is 17.2 Å². The van der Waals surface area contributed by atoms with E-state index in [9.17, 15) is 14.0 Å². The third-order valence-electron chi connectivity index (χ3n) is 4.88. The Morgan fingerprint density at radius 3 is 2.63 bits per heavy atom. The third kappa shape index (κ3) is 4.00. The van der Waals surface area contributed by atoms with Crippen molar-refractivity contribution in [1.82, 2.24) is 14.9 Å². The van der Waals surface area contributed by atoms with E-state index in [2.05, 4.69) is 21.0 Å². The lowest BCUT2D eigenvalue weighted by atomic mass is 10.0. The molecule has 0 aliphatic heterocycles. The van der Waals surface area contributed by atoms with E-state index in [0.29, 0.717) is 22.7 Å². The second kappa shape index (κ2) is 8.62. The van der Waals surface area contributed by atoms with Crippen LogP contribution in [0.5, 0.6) is 5.75 Å². The summed E-state index contributed by atoms with van der Waals surface area (Å²) in [5, 5.41) is 19.6. The summed E-state index contributed by atoms with van der Waals surface area (Å²) in [6.07, 6.45) is 1.39. The number of benzene rings is 2. The Morgan fingerprint density at radius 2 is 1.93 bits per heavy atom. The minimum atomic E-state index is -2.31. The van der Waals surface area contributed by atoms with Gasteiger partial charge in [-0.05, 0) is 49.9 Å². The molecule has 2 unspecified atom stereocenters. The van der Waals surface area contributed by atoms with Crippen molar-refractivity contribution in [2.24, 2.45) is 0 Å². The van der Waals surface area contributed by atoms with Crippen molar-refractivity contribution in [3.05, 3.63) is 53.1 Å². The SMILES string of the molecule is CC(C)Oc1c(C#N)cccc1-c1nnc(-c2cccc3c2CCC3NS(=O)[O-])s1. The Balaban J connectivity index is 1.73. The second-order valence-electron chi connectivity index (χ2n) is 7.19. The van der Waals surface area contributed by atoms with Crippen LogP contribution in [0.4, 0.5) is 0 Å². The normalized spacial score (nSPS) is 16.3. The van der Waals surface area contributed by atoms with Crippen molar-refractivity contribution in [2.45, 2.75) is 38.8 Å². The lowest BCUT2D eigenvalue weighted by Gasteiger charge is -2.15. The van der Waals surface area contributed by atoms with Crippen LogP contribution >= 0.6 is 11.3 Å². The van der Waals surface area contributed by atoms with E-state index in [-0.39, 0.29) is 12.1 Å². The zero-order chi connectivity index (χ0) is 21.3. The smallest absolute Gasteiger partial charge is 0.151 e. The van der Waals surface area contributed by atoms with E-state index < -0.39 is 11.3 Å². The van der Waals surface area contributed by atoms with Crippen molar-refractivity contribution in [1.29, 1.82) is 5.26 Å². The van der Waals surface area contributed by atoms with Crippen LogP contribution in [0.25, 0.3) is 21.1 Å². The van der Waals surface area contributed by atoms with Crippen molar-refractivity contribution >= 4 is 22.6 Å². The molecule has 0 bridgehead atoms. The maximum Gasteiger partial charge on any atom is 0.151 e. The van der Waals surface area contributed by atoms with Gasteiger partial charge in [0, 0.05) is 22.9 Å². The van der Waals surface area contributed by atoms with Crippen molar-refractivity contribution < 1.29 is 13.5 Å². The van der Waals surface area contributed by atoms with Gasteiger partial charge < -0.3 is 9.29 Å². The van der Waals surface area contributed by atoms with Crippen molar-refractivity contribution in [2.75, 3.05) is 0 Å². The van der Waals surface area contributed by atoms with Crippen LogP contribution in [0, 0.1) is 11.3 Å². The fourth-order valence-corrected chi connectivity index (χ4v) is 5.09. The predicted molar refractivity (Wildman–Crippen MR) is 114 cm³/mol. The fourth-order valence-electron chi connectivity index (χ4n) is 3.69. The van der Waals surface area contributed by atoms with Gasteiger partial charge in [-0.3, -0.25) is 4.21 Å². The van der Waals surface area contributed by atoms with Crippen LogP contribution in [-0.4, -0.2) is 25.1 Å². The van der Waals surface area contributed by atoms with Crippen molar-refractivity contribution in [3.8, 4) is 33.0 Å². The molecule has 0 saturated heterocycles. The van der Waals surface area contributed by atoms with Crippen molar-refractivity contribution in [3.63, 3.8) is 0 Å². The highest BCUT2D eigenvalue weighted by Crippen LogP contribution is 2.41. The van der Waals surface area contributed by atoms with E-state index in [1.165, 1.54) is 11.3 Å². The molecular weight excluding hydrogens is 420 g/mol. The first-order valence-electron chi connectivity index (χ1n) is 9.49. The second-order valence-corrected chi connectivity index (χ2v) is 8.87. The summed E-state index contributed by atoms with van der Waals surface area (Å²) in [4.78, 5) is 0. The van der Waals surface area contributed by atoms with E-state index in [4.69, 9.17) is 4.74 Å². The highest BCUT2D eigenvalue weighted by Gasteiger charge is 2.26. The minimum Gasteiger partial charge on any atom is -0.760 e. The van der Waals surface area contributed by atoms with Crippen LogP contribution in [0.3, 0.4) is 0 Å². The zero-order valence-electron chi connectivity index (χ0n) is 16.4. The molecule has 1 heterocycles. The average Bonchev–Trinajstić information content (AvgIpc) is 3.35. The fraction of sp³-hybridized carbons (Fsp3) is 0.286. The Hall–Kier alpha value is -2.64. The van der Waals surface area contributed by atoms with Gasteiger partial charge in [0.1, 0.15) is 16.8 Å². The molecule has 1 aromatic heterocycles. The maximum atomic E-state index is 11.1. The monoisotopic (exact) mass is 439 g/mol. The molecule has 4 rings (SSSR count). The third-order valence-corrected chi connectivity index (χ3v) is 6.35. The average molecular weight is 440 g/mol. The Labute approximate surface area is 181 Å². The van der Waals surface area contributed by atoms with E-state index >= 15 is 0 Å².